The minimum Gasteiger partial charge on any atom is -0.381 e. The minimum atomic E-state index is 0.752. The monoisotopic (exact) mass is 263 g/mol. The van der Waals surface area contributed by atoms with Gasteiger partial charge in [0.2, 0.25) is 0 Å². The van der Waals surface area contributed by atoms with Crippen molar-refractivity contribution in [3.8, 4) is 0 Å². The first-order valence-corrected chi connectivity index (χ1v) is 8.66. The van der Waals surface area contributed by atoms with Crippen LogP contribution >= 0.6 is 0 Å². The van der Waals surface area contributed by atoms with Crippen molar-refractivity contribution in [3.63, 3.8) is 0 Å². The Morgan fingerprint density at radius 3 is 2.26 bits per heavy atom. The summed E-state index contributed by atoms with van der Waals surface area (Å²) in [5.74, 6) is 6.05. The van der Waals surface area contributed by atoms with Crippen molar-refractivity contribution in [2.75, 3.05) is 19.8 Å². The molecule has 2 unspecified atom stereocenters. The van der Waals surface area contributed by atoms with Crippen LogP contribution in [0.1, 0.15) is 45.4 Å². The molecule has 4 saturated carbocycles. The van der Waals surface area contributed by atoms with Crippen LogP contribution < -0.4 is 5.32 Å². The Morgan fingerprint density at radius 2 is 1.74 bits per heavy atom. The van der Waals surface area contributed by atoms with E-state index in [9.17, 15) is 0 Å². The zero-order chi connectivity index (χ0) is 12.8. The second kappa shape index (κ2) is 5.04. The van der Waals surface area contributed by atoms with Gasteiger partial charge in [-0.3, -0.25) is 0 Å². The summed E-state index contributed by atoms with van der Waals surface area (Å²) in [6.07, 6.45) is 9.05. The molecule has 2 atom stereocenters. The van der Waals surface area contributed by atoms with Gasteiger partial charge in [0.05, 0.1) is 6.61 Å². The highest BCUT2D eigenvalue weighted by molar-refractivity contribution is 5.03. The lowest BCUT2D eigenvalue weighted by Crippen LogP contribution is -2.55. The van der Waals surface area contributed by atoms with Crippen LogP contribution in [0.4, 0.5) is 0 Å². The quantitative estimate of drug-likeness (QED) is 0.841. The maximum Gasteiger partial charge on any atom is 0.0510 e. The van der Waals surface area contributed by atoms with Crippen LogP contribution in [0.5, 0.6) is 0 Å². The molecular formula is C17H29NO. The third-order valence-corrected chi connectivity index (χ3v) is 6.63. The van der Waals surface area contributed by atoms with Crippen molar-refractivity contribution >= 4 is 0 Å². The normalized spacial score (nSPS) is 49.7. The Morgan fingerprint density at radius 1 is 1.05 bits per heavy atom. The summed E-state index contributed by atoms with van der Waals surface area (Å²) in [5.41, 5.74) is 0. The standard InChI is InChI=1S/C17H29NO/c1-2-18-17(13-3-4-19-10-13)16-14-6-11-5-12(8-14)9-15(16)7-11/h11-18H,2-10H2,1H3. The summed E-state index contributed by atoms with van der Waals surface area (Å²) >= 11 is 0. The molecule has 1 saturated heterocycles. The van der Waals surface area contributed by atoms with E-state index in [2.05, 4.69) is 12.2 Å². The predicted octanol–water partition coefficient (Wildman–Crippen LogP) is 3.07. The molecule has 5 aliphatic rings. The number of hydrogen-bond acceptors (Lipinski definition) is 2. The van der Waals surface area contributed by atoms with Gasteiger partial charge in [0.1, 0.15) is 0 Å². The largest absolute Gasteiger partial charge is 0.381 e. The minimum absolute atomic E-state index is 0.752. The molecule has 1 heterocycles. The van der Waals surface area contributed by atoms with Crippen LogP contribution in [-0.2, 0) is 4.74 Å². The Hall–Kier alpha value is -0.0800. The van der Waals surface area contributed by atoms with E-state index in [-0.39, 0.29) is 0 Å². The highest BCUT2D eigenvalue weighted by Gasteiger charge is 2.51. The van der Waals surface area contributed by atoms with Crippen molar-refractivity contribution in [1.82, 2.24) is 5.32 Å². The second-order valence-electron chi connectivity index (χ2n) is 7.72. The number of rotatable bonds is 4. The van der Waals surface area contributed by atoms with Gasteiger partial charge in [0, 0.05) is 18.6 Å². The SMILES string of the molecule is CCNC(C1CCOC1)C1C2CC3CC(C2)CC1C3. The summed E-state index contributed by atoms with van der Waals surface area (Å²) in [6, 6.07) is 0.752. The van der Waals surface area contributed by atoms with Crippen LogP contribution in [0.3, 0.4) is 0 Å². The van der Waals surface area contributed by atoms with Gasteiger partial charge >= 0.3 is 0 Å². The van der Waals surface area contributed by atoms with Gasteiger partial charge in [-0.15, -0.1) is 0 Å². The third-order valence-electron chi connectivity index (χ3n) is 6.63. The number of hydrogen-bond donors (Lipinski definition) is 1. The Labute approximate surface area is 117 Å². The van der Waals surface area contributed by atoms with E-state index in [1.807, 2.05) is 0 Å². The van der Waals surface area contributed by atoms with Gasteiger partial charge in [0.15, 0.2) is 0 Å². The first-order chi connectivity index (χ1) is 9.35. The molecule has 0 amide bonds. The molecule has 19 heavy (non-hydrogen) atoms. The molecule has 5 rings (SSSR count). The van der Waals surface area contributed by atoms with E-state index >= 15 is 0 Å². The van der Waals surface area contributed by atoms with E-state index in [0.29, 0.717) is 0 Å². The fraction of sp³-hybridized carbons (Fsp3) is 1.00. The van der Waals surface area contributed by atoms with Crippen molar-refractivity contribution in [1.29, 1.82) is 0 Å². The van der Waals surface area contributed by atoms with Crippen molar-refractivity contribution in [3.05, 3.63) is 0 Å². The molecule has 0 aromatic heterocycles. The molecule has 5 fully saturated rings. The number of ether oxygens (including phenoxy) is 1. The molecular weight excluding hydrogens is 234 g/mol. The molecule has 0 radical (unpaired) electrons. The topological polar surface area (TPSA) is 21.3 Å². The third kappa shape index (κ3) is 2.15. The first-order valence-electron chi connectivity index (χ1n) is 8.66. The Bertz CT molecular complexity index is 295. The molecule has 2 nitrogen and oxygen atoms in total. The van der Waals surface area contributed by atoms with Crippen LogP contribution in [0.25, 0.3) is 0 Å². The zero-order valence-corrected chi connectivity index (χ0v) is 12.3. The fourth-order valence-corrected chi connectivity index (χ4v) is 6.24. The lowest BCUT2D eigenvalue weighted by atomic mass is 9.49. The lowest BCUT2D eigenvalue weighted by Gasteiger charge is -2.57. The maximum atomic E-state index is 5.69. The van der Waals surface area contributed by atoms with Gasteiger partial charge < -0.3 is 10.1 Å². The van der Waals surface area contributed by atoms with Gasteiger partial charge in [-0.1, -0.05) is 6.92 Å². The lowest BCUT2D eigenvalue weighted by molar-refractivity contribution is -0.0606. The molecule has 1 N–H and O–H groups in total. The second-order valence-corrected chi connectivity index (χ2v) is 7.72. The molecule has 108 valence electrons. The molecule has 1 aliphatic heterocycles. The highest BCUT2D eigenvalue weighted by Crippen LogP contribution is 2.58. The van der Waals surface area contributed by atoms with Gasteiger partial charge in [-0.2, -0.15) is 0 Å². The predicted molar refractivity (Wildman–Crippen MR) is 76.9 cm³/mol. The summed E-state index contributed by atoms with van der Waals surface area (Å²) in [6.45, 7) is 5.42. The van der Waals surface area contributed by atoms with Gasteiger partial charge in [-0.25, -0.2) is 0 Å². The average Bonchev–Trinajstić information content (AvgIpc) is 2.89. The Kier molecular flexibility index (Phi) is 3.35. The fourth-order valence-electron chi connectivity index (χ4n) is 6.24. The Balaban J connectivity index is 1.55. The molecule has 0 spiro atoms. The van der Waals surface area contributed by atoms with E-state index in [4.69, 9.17) is 4.74 Å². The van der Waals surface area contributed by atoms with Crippen LogP contribution in [0.15, 0.2) is 0 Å². The zero-order valence-electron chi connectivity index (χ0n) is 12.3. The van der Waals surface area contributed by atoms with Gasteiger partial charge in [-0.05, 0) is 74.7 Å². The highest BCUT2D eigenvalue weighted by atomic mass is 16.5. The van der Waals surface area contributed by atoms with Crippen LogP contribution in [0, 0.1) is 35.5 Å². The smallest absolute Gasteiger partial charge is 0.0510 e. The van der Waals surface area contributed by atoms with Crippen LogP contribution in [-0.4, -0.2) is 25.8 Å². The summed E-state index contributed by atoms with van der Waals surface area (Å²) in [4.78, 5) is 0. The molecule has 0 aromatic carbocycles. The molecule has 0 aromatic rings. The summed E-state index contributed by atoms with van der Waals surface area (Å²) < 4.78 is 5.69. The maximum absolute atomic E-state index is 5.69. The van der Waals surface area contributed by atoms with E-state index in [0.717, 1.165) is 61.3 Å². The van der Waals surface area contributed by atoms with Crippen molar-refractivity contribution < 1.29 is 4.74 Å². The number of nitrogens with one attached hydrogen (secondary N) is 1. The summed E-state index contributed by atoms with van der Waals surface area (Å²) in [7, 11) is 0. The van der Waals surface area contributed by atoms with Crippen molar-refractivity contribution in [2.45, 2.75) is 51.5 Å². The van der Waals surface area contributed by atoms with E-state index < -0.39 is 0 Å². The van der Waals surface area contributed by atoms with E-state index in [1.165, 1.54) is 6.42 Å². The summed E-state index contributed by atoms with van der Waals surface area (Å²) in [5, 5.41) is 3.87. The molecule has 4 aliphatic carbocycles. The van der Waals surface area contributed by atoms with E-state index in [1.54, 1.807) is 32.1 Å². The van der Waals surface area contributed by atoms with Crippen molar-refractivity contribution in [2.24, 2.45) is 35.5 Å². The average molecular weight is 263 g/mol. The molecule has 4 bridgehead atoms. The molecule has 2 heteroatoms. The van der Waals surface area contributed by atoms with Gasteiger partial charge in [0.25, 0.3) is 0 Å². The first kappa shape index (κ1) is 12.6. The van der Waals surface area contributed by atoms with Crippen LogP contribution in [0.2, 0.25) is 0 Å².